The molecule has 0 saturated heterocycles. The van der Waals surface area contributed by atoms with E-state index in [2.05, 4.69) is 22.5 Å². The highest BCUT2D eigenvalue weighted by Crippen LogP contribution is 2.14. The van der Waals surface area contributed by atoms with Gasteiger partial charge in [0.15, 0.2) is 0 Å². The van der Waals surface area contributed by atoms with Gasteiger partial charge in [-0.05, 0) is 18.9 Å². The van der Waals surface area contributed by atoms with Gasteiger partial charge in [-0.2, -0.15) is 0 Å². The highest BCUT2D eigenvalue weighted by molar-refractivity contribution is 5.54. The van der Waals surface area contributed by atoms with Crippen LogP contribution in [0.2, 0.25) is 0 Å². The minimum Gasteiger partial charge on any atom is -0.394 e. The van der Waals surface area contributed by atoms with Gasteiger partial charge in [-0.15, -0.1) is 0 Å². The summed E-state index contributed by atoms with van der Waals surface area (Å²) in [5, 5.41) is 15.6. The fraction of sp³-hybridized carbons (Fsp3) is 0.583. The van der Waals surface area contributed by atoms with Crippen molar-refractivity contribution in [3.8, 4) is 0 Å². The average Bonchev–Trinajstić information content (AvgIpc) is 2.34. The first-order valence-corrected chi connectivity index (χ1v) is 5.86. The van der Waals surface area contributed by atoms with Crippen molar-refractivity contribution in [2.75, 3.05) is 23.8 Å². The van der Waals surface area contributed by atoms with E-state index in [1.165, 1.54) is 0 Å². The molecule has 1 atom stereocenters. The van der Waals surface area contributed by atoms with Gasteiger partial charge in [0.05, 0.1) is 30.4 Å². The van der Waals surface area contributed by atoms with Gasteiger partial charge in [-0.25, -0.2) is 0 Å². The van der Waals surface area contributed by atoms with Crippen molar-refractivity contribution >= 4 is 11.4 Å². The first-order chi connectivity index (χ1) is 7.80. The van der Waals surface area contributed by atoms with E-state index in [0.29, 0.717) is 0 Å². The predicted molar refractivity (Wildman–Crippen MR) is 67.8 cm³/mol. The van der Waals surface area contributed by atoms with Crippen LogP contribution in [0.25, 0.3) is 0 Å². The molecule has 1 unspecified atom stereocenters. The highest BCUT2D eigenvalue weighted by atomic mass is 16.3. The van der Waals surface area contributed by atoms with Crippen LogP contribution in [0.15, 0.2) is 18.5 Å². The molecular weight excluding hydrogens is 202 g/mol. The second-order valence-corrected chi connectivity index (χ2v) is 3.82. The molecule has 3 N–H and O–H groups in total. The molecule has 0 saturated carbocycles. The number of nitrogens with zero attached hydrogens (tertiary/aromatic N) is 1. The van der Waals surface area contributed by atoms with Crippen molar-refractivity contribution in [2.45, 2.75) is 32.7 Å². The number of rotatable bonds is 7. The maximum Gasteiger partial charge on any atom is 0.0632 e. The van der Waals surface area contributed by atoms with Crippen LogP contribution < -0.4 is 10.6 Å². The van der Waals surface area contributed by atoms with Crippen LogP contribution in [0, 0.1) is 0 Å². The Hall–Kier alpha value is -1.29. The third kappa shape index (κ3) is 4.06. The Balaban J connectivity index is 2.59. The third-order valence-electron chi connectivity index (χ3n) is 2.40. The van der Waals surface area contributed by atoms with Crippen LogP contribution in [0.1, 0.15) is 26.7 Å². The van der Waals surface area contributed by atoms with Gasteiger partial charge in [0.25, 0.3) is 0 Å². The Kier molecular flexibility index (Phi) is 5.64. The van der Waals surface area contributed by atoms with E-state index in [1.807, 2.05) is 13.0 Å². The molecule has 0 spiro atoms. The fourth-order valence-electron chi connectivity index (χ4n) is 1.40. The number of nitrogens with one attached hydrogen (secondary N) is 2. The van der Waals surface area contributed by atoms with E-state index in [-0.39, 0.29) is 12.6 Å². The molecule has 0 fully saturated rings. The van der Waals surface area contributed by atoms with E-state index >= 15 is 0 Å². The van der Waals surface area contributed by atoms with Crippen molar-refractivity contribution < 1.29 is 5.11 Å². The van der Waals surface area contributed by atoms with Crippen LogP contribution in [-0.4, -0.2) is 29.3 Å². The van der Waals surface area contributed by atoms with Crippen molar-refractivity contribution in [2.24, 2.45) is 0 Å². The highest BCUT2D eigenvalue weighted by Gasteiger charge is 2.04. The summed E-state index contributed by atoms with van der Waals surface area (Å²) in [5.74, 6) is 0. The standard InChI is InChI=1S/C12H21N3O/c1-3-5-14-11-6-12(8-13-7-11)15-10(4-2)9-16/h6-8,10,14-16H,3-5,9H2,1-2H3. The molecule has 4 heteroatoms. The van der Waals surface area contributed by atoms with Crippen LogP contribution in [0.3, 0.4) is 0 Å². The Morgan fingerprint density at radius 1 is 1.31 bits per heavy atom. The van der Waals surface area contributed by atoms with Crippen molar-refractivity contribution in [1.82, 2.24) is 4.98 Å². The summed E-state index contributed by atoms with van der Waals surface area (Å²) >= 11 is 0. The second kappa shape index (κ2) is 7.06. The number of hydrogen-bond donors (Lipinski definition) is 3. The molecule has 0 aliphatic rings. The summed E-state index contributed by atoms with van der Waals surface area (Å²) in [6.07, 6.45) is 5.56. The smallest absolute Gasteiger partial charge is 0.0632 e. The number of aromatic nitrogens is 1. The lowest BCUT2D eigenvalue weighted by Crippen LogP contribution is -2.22. The summed E-state index contributed by atoms with van der Waals surface area (Å²) in [5.41, 5.74) is 1.96. The molecule has 0 aliphatic carbocycles. The summed E-state index contributed by atoms with van der Waals surface area (Å²) in [6, 6.07) is 2.12. The van der Waals surface area contributed by atoms with E-state index in [9.17, 15) is 0 Å². The monoisotopic (exact) mass is 223 g/mol. The number of aliphatic hydroxyl groups is 1. The minimum absolute atomic E-state index is 0.100. The van der Waals surface area contributed by atoms with Crippen molar-refractivity contribution in [1.29, 1.82) is 0 Å². The minimum atomic E-state index is 0.100. The molecular formula is C12H21N3O. The normalized spacial score (nSPS) is 12.2. The summed E-state index contributed by atoms with van der Waals surface area (Å²) in [6.45, 7) is 5.26. The Labute approximate surface area is 97.1 Å². The van der Waals surface area contributed by atoms with E-state index in [0.717, 1.165) is 30.8 Å². The molecule has 0 aliphatic heterocycles. The molecule has 0 amide bonds. The Morgan fingerprint density at radius 3 is 2.69 bits per heavy atom. The maximum absolute atomic E-state index is 9.10. The quantitative estimate of drug-likeness (QED) is 0.662. The molecule has 1 rings (SSSR count). The van der Waals surface area contributed by atoms with Gasteiger partial charge in [0.2, 0.25) is 0 Å². The lowest BCUT2D eigenvalue weighted by atomic mass is 10.2. The fourth-order valence-corrected chi connectivity index (χ4v) is 1.40. The van der Waals surface area contributed by atoms with Gasteiger partial charge < -0.3 is 15.7 Å². The second-order valence-electron chi connectivity index (χ2n) is 3.82. The number of aliphatic hydroxyl groups excluding tert-OH is 1. The molecule has 90 valence electrons. The molecule has 4 nitrogen and oxygen atoms in total. The largest absolute Gasteiger partial charge is 0.394 e. The Bertz CT molecular complexity index is 300. The molecule has 16 heavy (non-hydrogen) atoms. The predicted octanol–water partition coefficient (Wildman–Crippen LogP) is 2.09. The number of pyridine rings is 1. The van der Waals surface area contributed by atoms with E-state index in [4.69, 9.17) is 5.11 Å². The van der Waals surface area contributed by atoms with Crippen molar-refractivity contribution in [3.63, 3.8) is 0 Å². The van der Waals surface area contributed by atoms with Gasteiger partial charge in [-0.1, -0.05) is 13.8 Å². The summed E-state index contributed by atoms with van der Waals surface area (Å²) in [4.78, 5) is 4.15. The molecule has 1 heterocycles. The van der Waals surface area contributed by atoms with Gasteiger partial charge in [0.1, 0.15) is 0 Å². The molecule has 0 radical (unpaired) electrons. The molecule has 0 aromatic carbocycles. The summed E-state index contributed by atoms with van der Waals surface area (Å²) in [7, 11) is 0. The van der Waals surface area contributed by atoms with E-state index in [1.54, 1.807) is 12.4 Å². The topological polar surface area (TPSA) is 57.2 Å². The van der Waals surface area contributed by atoms with Crippen molar-refractivity contribution in [3.05, 3.63) is 18.5 Å². The maximum atomic E-state index is 9.10. The SMILES string of the molecule is CCCNc1cncc(NC(CC)CO)c1. The van der Waals surface area contributed by atoms with Crippen LogP contribution in [0.5, 0.6) is 0 Å². The average molecular weight is 223 g/mol. The van der Waals surface area contributed by atoms with Gasteiger partial charge in [-0.3, -0.25) is 4.98 Å². The van der Waals surface area contributed by atoms with Crippen LogP contribution in [0.4, 0.5) is 11.4 Å². The van der Waals surface area contributed by atoms with Crippen LogP contribution >= 0.6 is 0 Å². The third-order valence-corrected chi connectivity index (χ3v) is 2.40. The molecule has 1 aromatic heterocycles. The number of hydrogen-bond acceptors (Lipinski definition) is 4. The number of anilines is 2. The molecule has 0 bridgehead atoms. The zero-order chi connectivity index (χ0) is 11.8. The zero-order valence-electron chi connectivity index (χ0n) is 10.0. The lowest BCUT2D eigenvalue weighted by molar-refractivity contribution is 0.272. The first kappa shape index (κ1) is 12.8. The first-order valence-electron chi connectivity index (χ1n) is 5.86. The Morgan fingerprint density at radius 2 is 2.06 bits per heavy atom. The molecule has 1 aromatic rings. The lowest BCUT2D eigenvalue weighted by Gasteiger charge is -2.15. The van der Waals surface area contributed by atoms with Crippen LogP contribution in [-0.2, 0) is 0 Å². The van der Waals surface area contributed by atoms with Gasteiger partial charge in [0, 0.05) is 12.6 Å². The van der Waals surface area contributed by atoms with E-state index < -0.39 is 0 Å². The summed E-state index contributed by atoms with van der Waals surface area (Å²) < 4.78 is 0. The zero-order valence-corrected chi connectivity index (χ0v) is 10.0. The van der Waals surface area contributed by atoms with Gasteiger partial charge >= 0.3 is 0 Å².